The minimum Gasteiger partial charge on any atom is -0.351 e. The van der Waals surface area contributed by atoms with Crippen LogP contribution in [0.15, 0.2) is 110 Å². The third-order valence-electron chi connectivity index (χ3n) is 4.14. The number of pyridine rings is 4. The van der Waals surface area contributed by atoms with Crippen molar-refractivity contribution in [1.29, 1.82) is 0 Å². The molecule has 0 aromatic carbocycles. The maximum absolute atomic E-state index is 5.27. The van der Waals surface area contributed by atoms with Gasteiger partial charge in [0, 0.05) is 37.4 Å². The molecule has 7 heteroatoms. The Morgan fingerprint density at radius 2 is 0.969 bits per heavy atom. The summed E-state index contributed by atoms with van der Waals surface area (Å²) < 4.78 is 0. The lowest BCUT2D eigenvalue weighted by Crippen LogP contribution is -2.02. The zero-order valence-corrected chi connectivity index (χ0v) is 17.6. The van der Waals surface area contributed by atoms with Crippen LogP contribution in [0.5, 0.6) is 0 Å². The van der Waals surface area contributed by atoms with Crippen LogP contribution in [-0.4, -0.2) is 36.4 Å². The lowest BCUT2D eigenvalue weighted by Gasteiger charge is -1.96. The van der Waals surface area contributed by atoms with Crippen LogP contribution in [0.25, 0.3) is 22.8 Å². The fraction of sp³-hybridized carbons (Fsp3) is 0.0800. The molecule has 0 unspecified atom stereocenters. The van der Waals surface area contributed by atoms with Crippen LogP contribution in [0.1, 0.15) is 5.69 Å². The van der Waals surface area contributed by atoms with Crippen molar-refractivity contribution in [3.8, 4) is 22.8 Å². The van der Waals surface area contributed by atoms with Gasteiger partial charge in [-0.15, -0.1) is 0 Å². The Labute approximate surface area is 187 Å². The molecule has 3 N–H and O–H groups in total. The fourth-order valence-corrected chi connectivity index (χ4v) is 2.63. The Balaban J connectivity index is 0.000000139. The molecule has 0 fully saturated rings. The largest absolute Gasteiger partial charge is 0.351 e. The third kappa shape index (κ3) is 7.55. The second kappa shape index (κ2) is 13.1. The highest BCUT2D eigenvalue weighted by atomic mass is 14.9. The molecule has 0 radical (unpaired) electrons. The molecular weight excluding hydrogens is 398 g/mol. The molecule has 160 valence electrons. The van der Waals surface area contributed by atoms with Crippen LogP contribution < -0.4 is 5.73 Å². The minimum absolute atomic E-state index is 0.671. The second-order valence-electron chi connectivity index (χ2n) is 6.46. The number of H-pyrrole nitrogens is 1. The molecule has 5 aromatic heterocycles. The predicted molar refractivity (Wildman–Crippen MR) is 126 cm³/mol. The summed E-state index contributed by atoms with van der Waals surface area (Å²) in [4.78, 5) is 23.6. The lowest BCUT2D eigenvalue weighted by molar-refractivity contribution is 0.935. The van der Waals surface area contributed by atoms with Gasteiger partial charge in [0.05, 0.1) is 34.8 Å². The van der Waals surface area contributed by atoms with E-state index in [1.165, 1.54) is 0 Å². The number of imidazole rings is 1. The van der Waals surface area contributed by atoms with E-state index in [0.717, 1.165) is 34.9 Å². The highest BCUT2D eigenvalue weighted by Gasteiger charge is 1.96. The molecule has 5 aromatic rings. The number of aromatic amines is 1. The summed E-state index contributed by atoms with van der Waals surface area (Å²) in [5.41, 5.74) is 9.96. The van der Waals surface area contributed by atoms with Gasteiger partial charge in [-0.2, -0.15) is 0 Å². The molecule has 7 nitrogen and oxygen atoms in total. The van der Waals surface area contributed by atoms with Crippen molar-refractivity contribution >= 4 is 0 Å². The number of nitrogens with one attached hydrogen (secondary N) is 1. The van der Waals surface area contributed by atoms with Gasteiger partial charge in [-0.1, -0.05) is 24.3 Å². The van der Waals surface area contributed by atoms with Gasteiger partial charge in [-0.25, -0.2) is 4.98 Å². The molecule has 0 saturated carbocycles. The van der Waals surface area contributed by atoms with E-state index in [1.807, 2.05) is 79.0 Å². The standard InChI is InChI=1S/2C10H8N2.C5H9N3/c2*1-3-7-11-9(5-1)10-6-2-4-8-12-10;6-2-1-5-3-7-4-8-5/h2*1-8H;3-4H,1-2,6H2,(H,7,8). The smallest absolute Gasteiger partial charge is 0.0923 e. The normalized spacial score (nSPS) is 9.66. The molecule has 0 amide bonds. The van der Waals surface area contributed by atoms with E-state index in [-0.39, 0.29) is 0 Å². The van der Waals surface area contributed by atoms with E-state index in [9.17, 15) is 0 Å². The molecule has 0 spiro atoms. The zero-order valence-electron chi connectivity index (χ0n) is 17.6. The van der Waals surface area contributed by atoms with Gasteiger partial charge >= 0.3 is 0 Å². The van der Waals surface area contributed by atoms with Crippen molar-refractivity contribution < 1.29 is 0 Å². The Kier molecular flexibility index (Phi) is 9.23. The summed E-state index contributed by atoms with van der Waals surface area (Å²) >= 11 is 0. The number of rotatable bonds is 4. The van der Waals surface area contributed by atoms with Gasteiger partial charge in [0.1, 0.15) is 0 Å². The molecule has 0 aliphatic heterocycles. The Morgan fingerprint density at radius 1 is 0.562 bits per heavy atom. The number of aromatic nitrogens is 6. The van der Waals surface area contributed by atoms with Gasteiger partial charge < -0.3 is 10.7 Å². The van der Waals surface area contributed by atoms with Gasteiger partial charge in [0.15, 0.2) is 0 Å². The summed E-state index contributed by atoms with van der Waals surface area (Å²) in [6.45, 7) is 0.671. The van der Waals surface area contributed by atoms with Gasteiger partial charge in [-0.05, 0) is 55.1 Å². The van der Waals surface area contributed by atoms with Crippen molar-refractivity contribution in [2.75, 3.05) is 6.54 Å². The third-order valence-corrected chi connectivity index (χ3v) is 4.14. The van der Waals surface area contributed by atoms with Crippen molar-refractivity contribution in [3.63, 3.8) is 0 Å². The Hall–Kier alpha value is -4.23. The van der Waals surface area contributed by atoms with Crippen LogP contribution in [0, 0.1) is 0 Å². The van der Waals surface area contributed by atoms with E-state index in [1.54, 1.807) is 31.1 Å². The van der Waals surface area contributed by atoms with E-state index in [4.69, 9.17) is 5.73 Å². The zero-order chi connectivity index (χ0) is 22.3. The quantitative estimate of drug-likeness (QED) is 0.449. The van der Waals surface area contributed by atoms with Crippen LogP contribution in [-0.2, 0) is 6.42 Å². The summed E-state index contributed by atoms with van der Waals surface area (Å²) in [5.74, 6) is 0. The summed E-state index contributed by atoms with van der Waals surface area (Å²) in [6, 6.07) is 23.2. The van der Waals surface area contributed by atoms with E-state index in [2.05, 4.69) is 29.9 Å². The van der Waals surface area contributed by atoms with E-state index >= 15 is 0 Å². The van der Waals surface area contributed by atoms with Crippen molar-refractivity contribution in [3.05, 3.63) is 116 Å². The van der Waals surface area contributed by atoms with Crippen molar-refractivity contribution in [2.45, 2.75) is 6.42 Å². The molecule has 5 heterocycles. The number of nitrogens with two attached hydrogens (primary N) is 1. The predicted octanol–water partition coefficient (Wildman–Crippen LogP) is 4.20. The molecule has 0 aliphatic carbocycles. The number of hydrogen-bond donors (Lipinski definition) is 2. The first-order chi connectivity index (χ1) is 15.9. The molecule has 0 bridgehead atoms. The van der Waals surface area contributed by atoms with Gasteiger partial charge in [0.2, 0.25) is 0 Å². The monoisotopic (exact) mass is 423 g/mol. The van der Waals surface area contributed by atoms with Gasteiger partial charge in [0.25, 0.3) is 0 Å². The first-order valence-electron chi connectivity index (χ1n) is 10.2. The van der Waals surface area contributed by atoms with Crippen LogP contribution in [0.4, 0.5) is 0 Å². The maximum atomic E-state index is 5.27. The molecule has 0 atom stereocenters. The average molecular weight is 424 g/mol. The first kappa shape index (κ1) is 22.5. The fourth-order valence-electron chi connectivity index (χ4n) is 2.63. The second-order valence-corrected chi connectivity index (χ2v) is 6.46. The molecule has 5 rings (SSSR count). The number of nitrogens with zero attached hydrogens (tertiary/aromatic N) is 5. The first-order valence-corrected chi connectivity index (χ1v) is 10.2. The summed E-state index contributed by atoms with van der Waals surface area (Å²) in [6.07, 6.45) is 11.4. The Morgan fingerprint density at radius 3 is 1.22 bits per heavy atom. The van der Waals surface area contributed by atoms with E-state index < -0.39 is 0 Å². The molecule has 0 saturated heterocycles. The van der Waals surface area contributed by atoms with Crippen molar-refractivity contribution in [1.82, 2.24) is 29.9 Å². The topological polar surface area (TPSA) is 106 Å². The summed E-state index contributed by atoms with van der Waals surface area (Å²) in [7, 11) is 0. The van der Waals surface area contributed by atoms with Crippen LogP contribution in [0.3, 0.4) is 0 Å². The Bertz CT molecular complexity index is 952. The SMILES string of the molecule is NCCc1c[nH]cn1.c1ccc(-c2ccccn2)nc1.c1ccc(-c2ccccn2)nc1. The minimum atomic E-state index is 0.671. The van der Waals surface area contributed by atoms with Crippen LogP contribution in [0.2, 0.25) is 0 Å². The lowest BCUT2D eigenvalue weighted by atomic mass is 10.2. The molecule has 32 heavy (non-hydrogen) atoms. The highest BCUT2D eigenvalue weighted by Crippen LogP contribution is 2.11. The highest BCUT2D eigenvalue weighted by molar-refractivity contribution is 5.53. The summed E-state index contributed by atoms with van der Waals surface area (Å²) in [5, 5.41) is 0. The molecule has 0 aliphatic rings. The van der Waals surface area contributed by atoms with E-state index in [0.29, 0.717) is 6.54 Å². The van der Waals surface area contributed by atoms with Gasteiger partial charge in [-0.3, -0.25) is 19.9 Å². The van der Waals surface area contributed by atoms with Crippen LogP contribution >= 0.6 is 0 Å². The molecular formula is C25H25N7. The van der Waals surface area contributed by atoms with Crippen molar-refractivity contribution in [2.24, 2.45) is 5.73 Å². The average Bonchev–Trinajstić information content (AvgIpc) is 3.41. The number of hydrogen-bond acceptors (Lipinski definition) is 6. The maximum Gasteiger partial charge on any atom is 0.0923 e.